The van der Waals surface area contributed by atoms with E-state index in [2.05, 4.69) is 15.0 Å². The third-order valence-electron chi connectivity index (χ3n) is 2.53. The SMILES string of the molecule is Cc1nc(C(C)Nc2cccc(OC(F)(F)F)c2)cs1. The summed E-state index contributed by atoms with van der Waals surface area (Å²) in [5.74, 6) is -0.246. The average molecular weight is 302 g/mol. The van der Waals surface area contributed by atoms with Gasteiger partial charge in [-0.3, -0.25) is 0 Å². The topological polar surface area (TPSA) is 34.2 Å². The van der Waals surface area contributed by atoms with Gasteiger partial charge in [0.1, 0.15) is 5.75 Å². The maximum absolute atomic E-state index is 12.2. The molecule has 0 fully saturated rings. The van der Waals surface area contributed by atoms with Gasteiger partial charge in [0.2, 0.25) is 0 Å². The van der Waals surface area contributed by atoms with Crippen molar-refractivity contribution in [3.8, 4) is 5.75 Å². The molecule has 0 aliphatic rings. The molecule has 1 unspecified atom stereocenters. The smallest absolute Gasteiger partial charge is 0.406 e. The lowest BCUT2D eigenvalue weighted by Crippen LogP contribution is -2.17. The zero-order chi connectivity index (χ0) is 14.8. The number of nitrogens with one attached hydrogen (secondary N) is 1. The molecule has 1 N–H and O–H groups in total. The van der Waals surface area contributed by atoms with Crippen LogP contribution in [0.5, 0.6) is 5.75 Å². The molecular weight excluding hydrogens is 289 g/mol. The monoisotopic (exact) mass is 302 g/mol. The van der Waals surface area contributed by atoms with Crippen molar-refractivity contribution in [1.29, 1.82) is 0 Å². The minimum Gasteiger partial charge on any atom is -0.406 e. The van der Waals surface area contributed by atoms with Gasteiger partial charge in [0.15, 0.2) is 0 Å². The Morgan fingerprint density at radius 1 is 1.35 bits per heavy atom. The molecule has 0 saturated carbocycles. The number of alkyl halides is 3. The predicted molar refractivity (Wildman–Crippen MR) is 72.0 cm³/mol. The first kappa shape index (κ1) is 14.6. The van der Waals surface area contributed by atoms with E-state index in [1.165, 1.54) is 29.5 Å². The molecule has 2 rings (SSSR count). The number of nitrogens with zero attached hydrogens (tertiary/aromatic N) is 1. The molecule has 20 heavy (non-hydrogen) atoms. The third-order valence-corrected chi connectivity index (χ3v) is 3.32. The maximum atomic E-state index is 12.2. The summed E-state index contributed by atoms with van der Waals surface area (Å²) in [4.78, 5) is 4.33. The van der Waals surface area contributed by atoms with Gasteiger partial charge in [-0.05, 0) is 26.0 Å². The highest BCUT2D eigenvalue weighted by atomic mass is 32.1. The molecule has 3 nitrogen and oxygen atoms in total. The van der Waals surface area contributed by atoms with Crippen LogP contribution in [-0.2, 0) is 0 Å². The molecule has 0 radical (unpaired) electrons. The van der Waals surface area contributed by atoms with Crippen molar-refractivity contribution >= 4 is 17.0 Å². The standard InChI is InChI=1S/C13H13F3N2OS/c1-8(12-7-20-9(2)18-12)17-10-4-3-5-11(6-10)19-13(14,15)16/h3-8,17H,1-2H3. The fourth-order valence-electron chi connectivity index (χ4n) is 1.69. The van der Waals surface area contributed by atoms with E-state index >= 15 is 0 Å². The molecule has 0 aliphatic carbocycles. The number of aromatic nitrogens is 1. The normalized spacial score (nSPS) is 13.1. The number of anilines is 1. The molecule has 1 heterocycles. The van der Waals surface area contributed by atoms with Gasteiger partial charge in [-0.25, -0.2) is 4.98 Å². The molecule has 0 spiro atoms. The average Bonchev–Trinajstić information content (AvgIpc) is 2.74. The van der Waals surface area contributed by atoms with E-state index in [4.69, 9.17) is 0 Å². The van der Waals surface area contributed by atoms with Crippen LogP contribution in [0.1, 0.15) is 23.7 Å². The first-order chi connectivity index (χ1) is 9.33. The van der Waals surface area contributed by atoms with Gasteiger partial charge in [0.05, 0.1) is 16.7 Å². The quantitative estimate of drug-likeness (QED) is 0.901. The van der Waals surface area contributed by atoms with Crippen molar-refractivity contribution in [2.75, 3.05) is 5.32 Å². The summed E-state index contributed by atoms with van der Waals surface area (Å²) in [7, 11) is 0. The van der Waals surface area contributed by atoms with Crippen molar-refractivity contribution in [3.63, 3.8) is 0 Å². The molecular formula is C13H13F3N2OS. The van der Waals surface area contributed by atoms with Crippen LogP contribution < -0.4 is 10.1 Å². The Labute approximate surface area is 118 Å². The van der Waals surface area contributed by atoms with E-state index < -0.39 is 6.36 Å². The van der Waals surface area contributed by atoms with Gasteiger partial charge in [-0.15, -0.1) is 24.5 Å². The van der Waals surface area contributed by atoms with Crippen LogP contribution in [0.15, 0.2) is 29.6 Å². The molecule has 108 valence electrons. The van der Waals surface area contributed by atoms with Crippen LogP contribution in [0, 0.1) is 6.92 Å². The minimum absolute atomic E-state index is 0.0962. The number of hydrogen-bond acceptors (Lipinski definition) is 4. The lowest BCUT2D eigenvalue weighted by atomic mass is 10.2. The second-order valence-corrected chi connectivity index (χ2v) is 5.30. The summed E-state index contributed by atoms with van der Waals surface area (Å²) in [5, 5.41) is 5.96. The van der Waals surface area contributed by atoms with Gasteiger partial charge in [-0.2, -0.15) is 0 Å². The Bertz CT molecular complexity index is 583. The largest absolute Gasteiger partial charge is 0.573 e. The molecule has 2 aromatic rings. The number of thiazole rings is 1. The van der Waals surface area contributed by atoms with Crippen LogP contribution in [0.2, 0.25) is 0 Å². The van der Waals surface area contributed by atoms with Crippen LogP contribution in [0.4, 0.5) is 18.9 Å². The fraction of sp³-hybridized carbons (Fsp3) is 0.308. The Kier molecular flexibility index (Phi) is 4.17. The van der Waals surface area contributed by atoms with E-state index in [1.807, 2.05) is 19.2 Å². The van der Waals surface area contributed by atoms with Gasteiger partial charge >= 0.3 is 6.36 Å². The van der Waals surface area contributed by atoms with Crippen molar-refractivity contribution < 1.29 is 17.9 Å². The molecule has 1 aromatic carbocycles. The predicted octanol–water partition coefficient (Wildman–Crippen LogP) is 4.52. The molecule has 1 atom stereocenters. The molecule has 0 saturated heterocycles. The molecule has 0 aliphatic heterocycles. The molecule has 0 bridgehead atoms. The molecule has 7 heteroatoms. The highest BCUT2D eigenvalue weighted by Crippen LogP contribution is 2.27. The van der Waals surface area contributed by atoms with Crippen molar-refractivity contribution in [3.05, 3.63) is 40.3 Å². The van der Waals surface area contributed by atoms with Gasteiger partial charge in [0.25, 0.3) is 0 Å². The van der Waals surface area contributed by atoms with E-state index in [-0.39, 0.29) is 11.8 Å². The first-order valence-electron chi connectivity index (χ1n) is 5.88. The van der Waals surface area contributed by atoms with Crippen molar-refractivity contribution in [1.82, 2.24) is 4.98 Å². The summed E-state index contributed by atoms with van der Waals surface area (Å²) in [6, 6.07) is 5.65. The number of rotatable bonds is 4. The van der Waals surface area contributed by atoms with E-state index in [0.29, 0.717) is 5.69 Å². The Hall–Kier alpha value is -1.76. The van der Waals surface area contributed by atoms with Gasteiger partial charge in [-0.1, -0.05) is 6.07 Å². The Morgan fingerprint density at radius 3 is 2.70 bits per heavy atom. The van der Waals surface area contributed by atoms with Crippen LogP contribution in [0.3, 0.4) is 0 Å². The summed E-state index contributed by atoms with van der Waals surface area (Å²) in [6.45, 7) is 3.80. The zero-order valence-electron chi connectivity index (χ0n) is 10.9. The maximum Gasteiger partial charge on any atom is 0.573 e. The number of hydrogen-bond donors (Lipinski definition) is 1. The molecule has 0 amide bonds. The summed E-state index contributed by atoms with van der Waals surface area (Å²) in [5.41, 5.74) is 1.40. The second-order valence-electron chi connectivity index (χ2n) is 4.23. The van der Waals surface area contributed by atoms with Gasteiger partial charge < -0.3 is 10.1 Å². The van der Waals surface area contributed by atoms with Crippen LogP contribution >= 0.6 is 11.3 Å². The van der Waals surface area contributed by atoms with Crippen molar-refractivity contribution in [2.45, 2.75) is 26.3 Å². The Balaban J connectivity index is 2.08. The van der Waals surface area contributed by atoms with E-state index in [1.54, 1.807) is 6.07 Å². The lowest BCUT2D eigenvalue weighted by Gasteiger charge is -2.15. The van der Waals surface area contributed by atoms with E-state index in [9.17, 15) is 13.2 Å². The number of aryl methyl sites for hydroxylation is 1. The highest BCUT2D eigenvalue weighted by molar-refractivity contribution is 7.09. The summed E-state index contributed by atoms with van der Waals surface area (Å²) in [6.07, 6.45) is -4.68. The number of benzene rings is 1. The number of halogens is 3. The highest BCUT2D eigenvalue weighted by Gasteiger charge is 2.31. The van der Waals surface area contributed by atoms with E-state index in [0.717, 1.165) is 10.7 Å². The van der Waals surface area contributed by atoms with Gasteiger partial charge in [0, 0.05) is 17.1 Å². The lowest BCUT2D eigenvalue weighted by molar-refractivity contribution is -0.274. The Morgan fingerprint density at radius 2 is 2.10 bits per heavy atom. The zero-order valence-corrected chi connectivity index (χ0v) is 11.7. The summed E-state index contributed by atoms with van der Waals surface area (Å²) < 4.78 is 40.3. The first-order valence-corrected chi connectivity index (χ1v) is 6.76. The number of ether oxygens (including phenoxy) is 1. The van der Waals surface area contributed by atoms with Crippen LogP contribution in [0.25, 0.3) is 0 Å². The third kappa shape index (κ3) is 4.12. The van der Waals surface area contributed by atoms with Crippen molar-refractivity contribution in [2.24, 2.45) is 0 Å². The molecule has 1 aromatic heterocycles. The van der Waals surface area contributed by atoms with Crippen LogP contribution in [-0.4, -0.2) is 11.3 Å². The fourth-order valence-corrected chi connectivity index (χ4v) is 2.39. The summed E-state index contributed by atoms with van der Waals surface area (Å²) >= 11 is 1.53. The second kappa shape index (κ2) is 5.70. The minimum atomic E-state index is -4.68.